The van der Waals surface area contributed by atoms with E-state index < -0.39 is 0 Å². The third kappa shape index (κ3) is 5.22. The van der Waals surface area contributed by atoms with E-state index >= 15 is 0 Å². The number of carbonyl (C=O) groups is 1. The summed E-state index contributed by atoms with van der Waals surface area (Å²) >= 11 is 0. The molecule has 6 heteroatoms. The van der Waals surface area contributed by atoms with Crippen molar-refractivity contribution >= 4 is 40.7 Å². The minimum atomic E-state index is -0.202. The molecule has 1 aromatic heterocycles. The Morgan fingerprint density at radius 1 is 0.829 bits per heavy atom. The second kappa shape index (κ2) is 10.7. The standard InChI is InChI=1S/C29H28N2O4/c1-31-19-22(23-10-6-8-12-25(23)31)15-16-28(32)30-24-11-7-5-9-21(24)14-13-20-17-26(33-2)29(35-4)27(18-20)34-3/h5-19H,1-4H3,(H,30,32)/b14-13+,16-15+. The van der Waals surface area contributed by atoms with Crippen LogP contribution in [0, 0.1) is 0 Å². The number of carbonyl (C=O) groups excluding carboxylic acids is 1. The summed E-state index contributed by atoms with van der Waals surface area (Å²) in [5.41, 5.74) is 4.57. The number of rotatable bonds is 8. The first-order valence-electron chi connectivity index (χ1n) is 11.1. The number of aryl methyl sites for hydroxylation is 1. The molecule has 0 spiro atoms. The van der Waals surface area contributed by atoms with Gasteiger partial charge in [-0.3, -0.25) is 4.79 Å². The van der Waals surface area contributed by atoms with E-state index in [9.17, 15) is 4.79 Å². The van der Waals surface area contributed by atoms with Crippen LogP contribution in [0.4, 0.5) is 5.69 Å². The summed E-state index contributed by atoms with van der Waals surface area (Å²) in [5.74, 6) is 1.49. The van der Waals surface area contributed by atoms with E-state index in [0.29, 0.717) is 22.9 Å². The highest BCUT2D eigenvalue weighted by Crippen LogP contribution is 2.38. The van der Waals surface area contributed by atoms with Crippen LogP contribution >= 0.6 is 0 Å². The molecule has 0 bridgehead atoms. The highest BCUT2D eigenvalue weighted by Gasteiger charge is 2.12. The first-order valence-corrected chi connectivity index (χ1v) is 11.1. The van der Waals surface area contributed by atoms with E-state index in [2.05, 4.69) is 22.0 Å². The lowest BCUT2D eigenvalue weighted by molar-refractivity contribution is -0.111. The summed E-state index contributed by atoms with van der Waals surface area (Å²) in [5, 5.41) is 4.09. The monoisotopic (exact) mass is 468 g/mol. The number of hydrogen-bond acceptors (Lipinski definition) is 4. The van der Waals surface area contributed by atoms with Crippen molar-refractivity contribution < 1.29 is 19.0 Å². The van der Waals surface area contributed by atoms with Crippen LogP contribution in [0.1, 0.15) is 16.7 Å². The van der Waals surface area contributed by atoms with Gasteiger partial charge < -0.3 is 24.1 Å². The zero-order valence-corrected chi connectivity index (χ0v) is 20.2. The molecule has 1 heterocycles. The normalized spacial score (nSPS) is 11.3. The maximum atomic E-state index is 12.7. The minimum Gasteiger partial charge on any atom is -0.493 e. The fourth-order valence-corrected chi connectivity index (χ4v) is 3.99. The number of ether oxygens (including phenoxy) is 3. The maximum Gasteiger partial charge on any atom is 0.248 e. The van der Waals surface area contributed by atoms with Crippen LogP contribution in [0.2, 0.25) is 0 Å². The molecule has 4 aromatic rings. The van der Waals surface area contributed by atoms with Crippen molar-refractivity contribution in [3.63, 3.8) is 0 Å². The molecule has 3 aromatic carbocycles. The fraction of sp³-hybridized carbons (Fsp3) is 0.138. The summed E-state index contributed by atoms with van der Waals surface area (Å²) in [7, 11) is 6.74. The first kappa shape index (κ1) is 23.7. The Balaban J connectivity index is 1.54. The van der Waals surface area contributed by atoms with Gasteiger partial charge >= 0.3 is 0 Å². The average molecular weight is 469 g/mol. The molecular formula is C29H28N2O4. The van der Waals surface area contributed by atoms with Gasteiger partial charge in [0.25, 0.3) is 0 Å². The summed E-state index contributed by atoms with van der Waals surface area (Å²) in [6.45, 7) is 0. The number of methoxy groups -OCH3 is 3. The van der Waals surface area contributed by atoms with Gasteiger partial charge in [0.2, 0.25) is 11.7 Å². The molecule has 0 fully saturated rings. The van der Waals surface area contributed by atoms with E-state index in [1.807, 2.05) is 80.0 Å². The number of nitrogens with one attached hydrogen (secondary N) is 1. The molecule has 4 rings (SSSR count). The summed E-state index contributed by atoms with van der Waals surface area (Å²) < 4.78 is 18.3. The Kier molecular flexibility index (Phi) is 7.21. The third-order valence-corrected chi connectivity index (χ3v) is 5.70. The van der Waals surface area contributed by atoms with Crippen LogP contribution < -0.4 is 19.5 Å². The van der Waals surface area contributed by atoms with Crippen molar-refractivity contribution in [3.8, 4) is 17.2 Å². The average Bonchev–Trinajstić information content (AvgIpc) is 3.21. The Hall–Kier alpha value is -4.45. The van der Waals surface area contributed by atoms with Crippen LogP contribution in [0.15, 0.2) is 72.9 Å². The Morgan fingerprint density at radius 2 is 1.51 bits per heavy atom. The summed E-state index contributed by atoms with van der Waals surface area (Å²) in [6.07, 6.45) is 9.28. The smallest absolute Gasteiger partial charge is 0.248 e. The highest BCUT2D eigenvalue weighted by atomic mass is 16.5. The van der Waals surface area contributed by atoms with Gasteiger partial charge in [-0.15, -0.1) is 0 Å². The van der Waals surface area contributed by atoms with Crippen molar-refractivity contribution in [1.29, 1.82) is 0 Å². The lowest BCUT2D eigenvalue weighted by Crippen LogP contribution is -2.08. The van der Waals surface area contributed by atoms with Crippen molar-refractivity contribution in [2.45, 2.75) is 0 Å². The maximum absolute atomic E-state index is 12.7. The highest BCUT2D eigenvalue weighted by molar-refractivity contribution is 6.04. The molecule has 1 amide bonds. The number of amides is 1. The Labute approximate surface area is 205 Å². The number of anilines is 1. The largest absolute Gasteiger partial charge is 0.493 e. The van der Waals surface area contributed by atoms with Gasteiger partial charge in [0.05, 0.1) is 21.3 Å². The topological polar surface area (TPSA) is 61.7 Å². The Bertz CT molecular complexity index is 1390. The lowest BCUT2D eigenvalue weighted by Gasteiger charge is -2.13. The fourth-order valence-electron chi connectivity index (χ4n) is 3.99. The van der Waals surface area contributed by atoms with E-state index in [0.717, 1.165) is 27.6 Å². The van der Waals surface area contributed by atoms with Gasteiger partial charge in [0, 0.05) is 41.5 Å². The third-order valence-electron chi connectivity index (χ3n) is 5.70. The van der Waals surface area contributed by atoms with E-state index in [1.165, 1.54) is 0 Å². The summed E-state index contributed by atoms with van der Waals surface area (Å²) in [6, 6.07) is 19.5. The summed E-state index contributed by atoms with van der Waals surface area (Å²) in [4.78, 5) is 12.7. The van der Waals surface area contributed by atoms with Crippen LogP contribution in [0.5, 0.6) is 17.2 Å². The number of nitrogens with zero attached hydrogens (tertiary/aromatic N) is 1. The second-order valence-corrected chi connectivity index (χ2v) is 7.91. The van der Waals surface area contributed by atoms with Gasteiger partial charge in [0.1, 0.15) is 0 Å². The molecule has 6 nitrogen and oxygen atoms in total. The van der Waals surface area contributed by atoms with Gasteiger partial charge in [-0.2, -0.15) is 0 Å². The van der Waals surface area contributed by atoms with Crippen LogP contribution in [0.25, 0.3) is 29.1 Å². The predicted molar refractivity (Wildman–Crippen MR) is 142 cm³/mol. The molecule has 0 radical (unpaired) electrons. The van der Waals surface area contributed by atoms with Crippen molar-refractivity contribution in [2.24, 2.45) is 7.05 Å². The van der Waals surface area contributed by atoms with Crippen LogP contribution in [0.3, 0.4) is 0 Å². The number of fused-ring (bicyclic) bond motifs is 1. The molecule has 35 heavy (non-hydrogen) atoms. The van der Waals surface area contributed by atoms with E-state index in [4.69, 9.17) is 14.2 Å². The van der Waals surface area contributed by atoms with Gasteiger partial charge in [0.15, 0.2) is 11.5 Å². The lowest BCUT2D eigenvalue weighted by atomic mass is 10.1. The molecule has 0 atom stereocenters. The van der Waals surface area contributed by atoms with Crippen molar-refractivity contribution in [1.82, 2.24) is 4.57 Å². The van der Waals surface area contributed by atoms with Crippen molar-refractivity contribution in [3.05, 3.63) is 89.6 Å². The van der Waals surface area contributed by atoms with Crippen LogP contribution in [-0.4, -0.2) is 31.8 Å². The number of hydrogen-bond donors (Lipinski definition) is 1. The SMILES string of the molecule is COc1cc(/C=C/c2ccccc2NC(=O)/C=C/c2cn(C)c3ccccc23)cc(OC)c1OC. The molecule has 0 aliphatic heterocycles. The number of aromatic nitrogens is 1. The molecule has 0 unspecified atom stereocenters. The van der Waals surface area contributed by atoms with Crippen LogP contribution in [-0.2, 0) is 11.8 Å². The van der Waals surface area contributed by atoms with Gasteiger partial charge in [-0.1, -0.05) is 48.6 Å². The molecule has 0 aliphatic rings. The van der Waals surface area contributed by atoms with Crippen molar-refractivity contribution in [2.75, 3.05) is 26.6 Å². The molecule has 1 N–H and O–H groups in total. The zero-order valence-electron chi connectivity index (χ0n) is 20.2. The molecule has 0 saturated carbocycles. The first-order chi connectivity index (χ1) is 17.0. The van der Waals surface area contributed by atoms with Gasteiger partial charge in [-0.25, -0.2) is 0 Å². The predicted octanol–water partition coefficient (Wildman–Crippen LogP) is 6.03. The number of benzene rings is 3. The molecule has 0 aliphatic carbocycles. The number of para-hydroxylation sites is 2. The molecule has 178 valence electrons. The molecular weight excluding hydrogens is 440 g/mol. The minimum absolute atomic E-state index is 0.202. The van der Waals surface area contributed by atoms with E-state index in [-0.39, 0.29) is 5.91 Å². The Morgan fingerprint density at radius 3 is 2.23 bits per heavy atom. The van der Waals surface area contributed by atoms with E-state index in [1.54, 1.807) is 27.4 Å². The van der Waals surface area contributed by atoms with Gasteiger partial charge in [-0.05, 0) is 41.5 Å². The quantitative estimate of drug-likeness (QED) is 0.253. The zero-order chi connectivity index (χ0) is 24.8. The molecule has 0 saturated heterocycles. The second-order valence-electron chi connectivity index (χ2n) is 7.91.